The molecule has 4 nitrogen and oxygen atoms in total. The van der Waals surface area contributed by atoms with Crippen LogP contribution in [0.4, 0.5) is 4.39 Å². The fourth-order valence-corrected chi connectivity index (χ4v) is 2.54. The highest BCUT2D eigenvalue weighted by atomic mass is 35.5. The number of ether oxygens (including phenoxy) is 1. The van der Waals surface area contributed by atoms with Crippen LogP contribution in [-0.4, -0.2) is 24.6 Å². The first-order valence-electron chi connectivity index (χ1n) is 7.57. The zero-order valence-corrected chi connectivity index (χ0v) is 13.4. The molecule has 0 atom stereocenters. The summed E-state index contributed by atoms with van der Waals surface area (Å²) in [6, 6.07) is 6.57. The first kappa shape index (κ1) is 18.7. The van der Waals surface area contributed by atoms with E-state index in [0.29, 0.717) is 25.2 Å². The van der Waals surface area contributed by atoms with E-state index in [0.717, 1.165) is 25.7 Å². The molecule has 1 aliphatic rings. The van der Waals surface area contributed by atoms with Gasteiger partial charge in [0.15, 0.2) is 0 Å². The highest BCUT2D eigenvalue weighted by Crippen LogP contribution is 2.17. The van der Waals surface area contributed by atoms with Crippen LogP contribution in [0.5, 0.6) is 5.75 Å². The topological polar surface area (TPSA) is 64.3 Å². The minimum atomic E-state index is -0.319. The van der Waals surface area contributed by atoms with Gasteiger partial charge in [-0.05, 0) is 44.2 Å². The van der Waals surface area contributed by atoms with Gasteiger partial charge in [0, 0.05) is 24.6 Å². The minimum absolute atomic E-state index is 0. The number of carbonyl (C=O) groups excluding carboxylic acids is 1. The lowest BCUT2D eigenvalue weighted by Crippen LogP contribution is -2.40. The molecule has 0 spiro atoms. The molecule has 0 aliphatic heterocycles. The van der Waals surface area contributed by atoms with E-state index in [9.17, 15) is 9.18 Å². The molecule has 22 heavy (non-hydrogen) atoms. The van der Waals surface area contributed by atoms with Crippen molar-refractivity contribution in [1.29, 1.82) is 0 Å². The highest BCUT2D eigenvalue weighted by molar-refractivity contribution is 5.85. The van der Waals surface area contributed by atoms with E-state index < -0.39 is 0 Å². The molecule has 0 heterocycles. The maximum absolute atomic E-state index is 12.9. The van der Waals surface area contributed by atoms with E-state index in [-0.39, 0.29) is 36.2 Å². The molecule has 3 N–H and O–H groups in total. The van der Waals surface area contributed by atoms with Gasteiger partial charge in [0.25, 0.3) is 0 Å². The van der Waals surface area contributed by atoms with Crippen LogP contribution in [0.25, 0.3) is 0 Å². The third kappa shape index (κ3) is 6.62. The van der Waals surface area contributed by atoms with Gasteiger partial charge in [-0.2, -0.15) is 0 Å². The smallest absolute Gasteiger partial charge is 0.220 e. The van der Waals surface area contributed by atoms with Crippen molar-refractivity contribution in [2.45, 2.75) is 50.6 Å². The molecule has 1 amide bonds. The third-order valence-electron chi connectivity index (χ3n) is 3.75. The Morgan fingerprint density at radius 1 is 1.32 bits per heavy atom. The predicted octanol–water partition coefficient (Wildman–Crippen LogP) is 2.79. The molecule has 124 valence electrons. The summed E-state index contributed by atoms with van der Waals surface area (Å²) in [5.41, 5.74) is 5.84. The Kier molecular flexibility index (Phi) is 8.20. The molecule has 1 aromatic carbocycles. The van der Waals surface area contributed by atoms with E-state index in [2.05, 4.69) is 5.32 Å². The summed E-state index contributed by atoms with van der Waals surface area (Å²) in [7, 11) is 0. The maximum Gasteiger partial charge on any atom is 0.220 e. The number of nitrogens with two attached hydrogens (primary N) is 1. The summed E-state index contributed by atoms with van der Waals surface area (Å²) in [6.45, 7) is 0.409. The van der Waals surface area contributed by atoms with Crippen LogP contribution in [0.3, 0.4) is 0 Å². The van der Waals surface area contributed by atoms with Gasteiger partial charge in [-0.25, -0.2) is 4.39 Å². The van der Waals surface area contributed by atoms with Crippen molar-refractivity contribution in [1.82, 2.24) is 5.32 Å². The molecule has 1 saturated carbocycles. The first-order valence-corrected chi connectivity index (χ1v) is 7.57. The monoisotopic (exact) mass is 330 g/mol. The molecule has 0 bridgehead atoms. The summed E-state index contributed by atoms with van der Waals surface area (Å²) in [5, 5.41) is 3.04. The fraction of sp³-hybridized carbons (Fsp3) is 0.562. The van der Waals surface area contributed by atoms with Crippen molar-refractivity contribution in [2.75, 3.05) is 6.61 Å². The molecule has 1 aliphatic carbocycles. The molecule has 1 fully saturated rings. The second kappa shape index (κ2) is 9.64. The fourth-order valence-electron chi connectivity index (χ4n) is 2.54. The zero-order chi connectivity index (χ0) is 15.1. The van der Waals surface area contributed by atoms with Crippen LogP contribution in [0.1, 0.15) is 38.5 Å². The van der Waals surface area contributed by atoms with Crippen LogP contribution in [0.2, 0.25) is 0 Å². The normalized spacial score (nSPS) is 20.8. The lowest BCUT2D eigenvalue weighted by molar-refractivity contribution is -0.122. The number of rotatable bonds is 6. The molecule has 0 saturated heterocycles. The van der Waals surface area contributed by atoms with Crippen LogP contribution >= 0.6 is 12.4 Å². The molecule has 2 rings (SSSR count). The standard InChI is InChI=1S/C16H23FN2O2.ClH/c17-12-3-1-4-15(11-12)21-10-2-5-16(20)19-14-8-6-13(18)7-9-14;/h1,3-4,11,13-14H,2,5-10,18H2,(H,19,20);1H. The number of benzene rings is 1. The Hall–Kier alpha value is -1.33. The summed E-state index contributed by atoms with van der Waals surface area (Å²) >= 11 is 0. The van der Waals surface area contributed by atoms with Gasteiger partial charge >= 0.3 is 0 Å². The minimum Gasteiger partial charge on any atom is -0.493 e. The van der Waals surface area contributed by atoms with Gasteiger partial charge in [0.1, 0.15) is 11.6 Å². The SMILES string of the molecule is Cl.NC1CCC(NC(=O)CCCOc2cccc(F)c2)CC1. The van der Waals surface area contributed by atoms with Gasteiger partial charge in [-0.3, -0.25) is 4.79 Å². The largest absolute Gasteiger partial charge is 0.493 e. The first-order chi connectivity index (χ1) is 10.1. The Balaban J connectivity index is 0.00000242. The summed E-state index contributed by atoms with van der Waals surface area (Å²) < 4.78 is 18.3. The van der Waals surface area contributed by atoms with E-state index in [4.69, 9.17) is 10.5 Å². The lowest BCUT2D eigenvalue weighted by Gasteiger charge is -2.26. The van der Waals surface area contributed by atoms with Gasteiger partial charge in [-0.1, -0.05) is 6.07 Å². The van der Waals surface area contributed by atoms with Crippen LogP contribution in [-0.2, 0) is 4.79 Å². The Bertz CT molecular complexity index is 465. The average Bonchev–Trinajstić information content (AvgIpc) is 2.46. The van der Waals surface area contributed by atoms with Crippen molar-refractivity contribution in [3.63, 3.8) is 0 Å². The number of halogens is 2. The Labute approximate surface area is 137 Å². The van der Waals surface area contributed by atoms with Crippen molar-refractivity contribution in [3.05, 3.63) is 30.1 Å². The molecule has 0 unspecified atom stereocenters. The Morgan fingerprint density at radius 3 is 2.73 bits per heavy atom. The Morgan fingerprint density at radius 2 is 2.05 bits per heavy atom. The number of hydrogen-bond donors (Lipinski definition) is 2. The molecular weight excluding hydrogens is 307 g/mol. The summed E-state index contributed by atoms with van der Waals surface area (Å²) in [5.74, 6) is 0.232. The summed E-state index contributed by atoms with van der Waals surface area (Å²) in [6.07, 6.45) is 4.94. The van der Waals surface area contributed by atoms with Gasteiger partial charge < -0.3 is 15.8 Å². The van der Waals surface area contributed by atoms with Crippen molar-refractivity contribution < 1.29 is 13.9 Å². The van der Waals surface area contributed by atoms with E-state index in [1.54, 1.807) is 12.1 Å². The number of carbonyl (C=O) groups is 1. The lowest BCUT2D eigenvalue weighted by atomic mass is 9.92. The van der Waals surface area contributed by atoms with E-state index >= 15 is 0 Å². The van der Waals surface area contributed by atoms with Crippen molar-refractivity contribution >= 4 is 18.3 Å². The highest BCUT2D eigenvalue weighted by Gasteiger charge is 2.19. The molecule has 6 heteroatoms. The van der Waals surface area contributed by atoms with Crippen LogP contribution in [0, 0.1) is 5.82 Å². The van der Waals surface area contributed by atoms with E-state index in [1.165, 1.54) is 12.1 Å². The zero-order valence-electron chi connectivity index (χ0n) is 12.6. The van der Waals surface area contributed by atoms with Crippen LogP contribution in [0.15, 0.2) is 24.3 Å². The second-order valence-corrected chi connectivity index (χ2v) is 5.59. The van der Waals surface area contributed by atoms with Gasteiger partial charge in [0.05, 0.1) is 6.61 Å². The quantitative estimate of drug-likeness (QED) is 0.788. The molecule has 0 radical (unpaired) electrons. The van der Waals surface area contributed by atoms with Gasteiger partial charge in [-0.15, -0.1) is 12.4 Å². The maximum atomic E-state index is 12.9. The summed E-state index contributed by atoms with van der Waals surface area (Å²) in [4.78, 5) is 11.8. The second-order valence-electron chi connectivity index (χ2n) is 5.59. The molecular formula is C16H24ClFN2O2. The number of nitrogens with one attached hydrogen (secondary N) is 1. The third-order valence-corrected chi connectivity index (χ3v) is 3.75. The number of hydrogen-bond acceptors (Lipinski definition) is 3. The van der Waals surface area contributed by atoms with Crippen molar-refractivity contribution in [2.24, 2.45) is 5.73 Å². The predicted molar refractivity (Wildman–Crippen MR) is 86.8 cm³/mol. The van der Waals surface area contributed by atoms with Gasteiger partial charge in [0.2, 0.25) is 5.91 Å². The van der Waals surface area contributed by atoms with E-state index in [1.807, 2.05) is 0 Å². The van der Waals surface area contributed by atoms with Crippen LogP contribution < -0.4 is 15.8 Å². The average molecular weight is 331 g/mol. The molecule has 0 aromatic heterocycles. The van der Waals surface area contributed by atoms with Crippen molar-refractivity contribution in [3.8, 4) is 5.75 Å². The molecule has 1 aromatic rings. The number of amides is 1.